The van der Waals surface area contributed by atoms with Gasteiger partial charge in [-0.15, -0.1) is 0 Å². The third kappa shape index (κ3) is 4.97. The average Bonchev–Trinajstić information content (AvgIpc) is 2.49. The van der Waals surface area contributed by atoms with Crippen LogP contribution in [0.25, 0.3) is 0 Å². The first kappa shape index (κ1) is 19.8. The molecular formula is C18H20Cl2N2O2S. The Balaban J connectivity index is 2.27. The average molecular weight is 399 g/mol. The van der Waals surface area contributed by atoms with Gasteiger partial charge in [0.05, 0.1) is 21.2 Å². The lowest BCUT2D eigenvalue weighted by molar-refractivity contribution is 0.577. The van der Waals surface area contributed by atoms with Gasteiger partial charge >= 0.3 is 0 Å². The molecule has 0 spiro atoms. The Hall–Kier alpha value is -1.56. The zero-order valence-corrected chi connectivity index (χ0v) is 16.8. The third-order valence-corrected chi connectivity index (χ3v) is 5.78. The summed E-state index contributed by atoms with van der Waals surface area (Å²) in [5.41, 5.74) is 2.08. The van der Waals surface area contributed by atoms with Gasteiger partial charge in [-0.25, -0.2) is 4.83 Å². The molecule has 4 nitrogen and oxygen atoms in total. The molecule has 2 aromatic carbocycles. The van der Waals surface area contributed by atoms with Crippen molar-refractivity contribution in [3.63, 3.8) is 0 Å². The number of hydrogen-bond acceptors (Lipinski definition) is 3. The molecule has 2 rings (SSSR count). The molecule has 134 valence electrons. The van der Waals surface area contributed by atoms with Gasteiger partial charge in [-0.2, -0.15) is 13.5 Å². The Morgan fingerprint density at radius 1 is 1.04 bits per heavy atom. The minimum absolute atomic E-state index is 0.151. The first-order chi connectivity index (χ1) is 11.5. The van der Waals surface area contributed by atoms with Gasteiger partial charge in [-0.05, 0) is 47.2 Å². The zero-order valence-electron chi connectivity index (χ0n) is 14.5. The van der Waals surface area contributed by atoms with Crippen LogP contribution < -0.4 is 4.83 Å². The maximum Gasteiger partial charge on any atom is 0.276 e. The van der Waals surface area contributed by atoms with Gasteiger partial charge in [0.15, 0.2) is 0 Å². The largest absolute Gasteiger partial charge is 0.276 e. The van der Waals surface area contributed by atoms with Gasteiger partial charge in [-0.1, -0.05) is 62.2 Å². The maximum absolute atomic E-state index is 12.6. The molecule has 0 fully saturated rings. The van der Waals surface area contributed by atoms with Crippen molar-refractivity contribution in [2.24, 2.45) is 5.10 Å². The first-order valence-corrected chi connectivity index (χ1v) is 9.86. The van der Waals surface area contributed by atoms with Crippen LogP contribution in [0.2, 0.25) is 10.0 Å². The summed E-state index contributed by atoms with van der Waals surface area (Å²) < 4.78 is 25.1. The molecule has 0 aliphatic carbocycles. The van der Waals surface area contributed by atoms with Crippen molar-refractivity contribution in [2.45, 2.75) is 38.0 Å². The van der Waals surface area contributed by atoms with E-state index in [1.54, 1.807) is 37.3 Å². The normalized spacial score (nSPS) is 12.6. The van der Waals surface area contributed by atoms with E-state index in [9.17, 15) is 8.42 Å². The minimum atomic E-state index is -3.77. The van der Waals surface area contributed by atoms with Gasteiger partial charge in [0.1, 0.15) is 0 Å². The fourth-order valence-electron chi connectivity index (χ4n) is 2.17. The highest BCUT2D eigenvalue weighted by Crippen LogP contribution is 2.26. The number of rotatable bonds is 4. The van der Waals surface area contributed by atoms with Crippen molar-refractivity contribution in [3.05, 3.63) is 63.1 Å². The fourth-order valence-corrected chi connectivity index (χ4v) is 3.54. The van der Waals surface area contributed by atoms with Crippen LogP contribution in [-0.4, -0.2) is 14.6 Å². The van der Waals surface area contributed by atoms with E-state index in [-0.39, 0.29) is 10.3 Å². The summed E-state index contributed by atoms with van der Waals surface area (Å²) in [5.74, 6) is 0. The lowest BCUT2D eigenvalue weighted by Crippen LogP contribution is -2.21. The maximum atomic E-state index is 12.6. The van der Waals surface area contributed by atoms with Crippen molar-refractivity contribution >= 4 is 39.4 Å². The summed E-state index contributed by atoms with van der Waals surface area (Å²) in [4.78, 5) is 2.46. The molecule has 2 aromatic rings. The number of benzene rings is 2. The van der Waals surface area contributed by atoms with E-state index in [4.69, 9.17) is 23.2 Å². The predicted octanol–water partition coefficient (Wildman–Crippen LogP) is 4.91. The minimum Gasteiger partial charge on any atom is -0.200 e. The summed E-state index contributed by atoms with van der Waals surface area (Å²) in [5, 5.41) is 4.63. The summed E-state index contributed by atoms with van der Waals surface area (Å²) in [6.07, 6.45) is 1.38. The quantitative estimate of drug-likeness (QED) is 0.587. The molecule has 0 aliphatic heterocycles. The van der Waals surface area contributed by atoms with Gasteiger partial charge in [0.25, 0.3) is 10.0 Å². The second-order valence-corrected chi connectivity index (χ2v) is 9.20. The van der Waals surface area contributed by atoms with Crippen molar-refractivity contribution in [3.8, 4) is 0 Å². The molecule has 0 amide bonds. The van der Waals surface area contributed by atoms with Crippen LogP contribution in [0, 0.1) is 6.92 Å². The first-order valence-electron chi connectivity index (χ1n) is 7.62. The molecule has 1 N–H and O–H groups in total. The molecule has 0 saturated heterocycles. The number of hydrazone groups is 1. The van der Waals surface area contributed by atoms with E-state index in [1.807, 2.05) is 26.8 Å². The predicted molar refractivity (Wildman–Crippen MR) is 104 cm³/mol. The van der Waals surface area contributed by atoms with Crippen molar-refractivity contribution in [1.29, 1.82) is 0 Å². The van der Waals surface area contributed by atoms with Crippen LogP contribution in [0.5, 0.6) is 0 Å². The van der Waals surface area contributed by atoms with Crippen LogP contribution in [0.1, 0.15) is 37.5 Å². The molecule has 7 heteroatoms. The molecule has 25 heavy (non-hydrogen) atoms. The van der Waals surface area contributed by atoms with Crippen molar-refractivity contribution in [2.75, 3.05) is 0 Å². The standard InChI is InChI=1S/C18H20Cl2N2O2S/c1-12-5-7-14(18(2,3)4)10-17(12)25(23,24)22-21-11-13-6-8-15(19)16(20)9-13/h5-11,22H,1-4H3/b21-11+. The third-order valence-electron chi connectivity index (χ3n) is 3.67. The Bertz CT molecular complexity index is 917. The van der Waals surface area contributed by atoms with Gasteiger partial charge in [0, 0.05) is 0 Å². The van der Waals surface area contributed by atoms with Gasteiger partial charge in [-0.3, -0.25) is 0 Å². The number of sulfonamides is 1. The second-order valence-electron chi connectivity index (χ2n) is 6.76. The highest BCUT2D eigenvalue weighted by atomic mass is 35.5. The molecule has 0 aromatic heterocycles. The van der Waals surface area contributed by atoms with E-state index in [0.717, 1.165) is 5.56 Å². The van der Waals surface area contributed by atoms with E-state index in [1.165, 1.54) is 6.21 Å². The smallest absolute Gasteiger partial charge is 0.200 e. The number of nitrogens with one attached hydrogen (secondary N) is 1. The highest BCUT2D eigenvalue weighted by molar-refractivity contribution is 7.89. The number of nitrogens with zero attached hydrogens (tertiary/aromatic N) is 1. The number of hydrogen-bond donors (Lipinski definition) is 1. The van der Waals surface area contributed by atoms with Crippen LogP contribution in [0.4, 0.5) is 0 Å². The summed E-state index contributed by atoms with van der Waals surface area (Å²) >= 11 is 11.8. The van der Waals surface area contributed by atoms with Gasteiger partial charge in [0.2, 0.25) is 0 Å². The number of halogens is 2. The molecule has 0 heterocycles. The monoisotopic (exact) mass is 398 g/mol. The molecule has 0 radical (unpaired) electrons. The SMILES string of the molecule is Cc1ccc(C(C)(C)C)cc1S(=O)(=O)N/N=C/c1ccc(Cl)c(Cl)c1. The number of aryl methyl sites for hydroxylation is 1. The van der Waals surface area contributed by atoms with Crippen LogP contribution in [0.3, 0.4) is 0 Å². The molecule has 0 atom stereocenters. The molecular weight excluding hydrogens is 379 g/mol. The molecule has 0 aliphatic rings. The zero-order chi connectivity index (χ0) is 18.8. The van der Waals surface area contributed by atoms with E-state index in [0.29, 0.717) is 21.2 Å². The lowest BCUT2D eigenvalue weighted by atomic mass is 9.87. The fraction of sp³-hybridized carbons (Fsp3) is 0.278. The second kappa shape index (κ2) is 7.36. The Labute approximate surface area is 158 Å². The van der Waals surface area contributed by atoms with E-state index >= 15 is 0 Å². The summed E-state index contributed by atoms with van der Waals surface area (Å²) in [6, 6.07) is 10.3. The van der Waals surface area contributed by atoms with Crippen molar-refractivity contribution in [1.82, 2.24) is 4.83 Å². The Morgan fingerprint density at radius 3 is 2.32 bits per heavy atom. The van der Waals surface area contributed by atoms with E-state index in [2.05, 4.69) is 9.93 Å². The van der Waals surface area contributed by atoms with E-state index < -0.39 is 10.0 Å². The van der Waals surface area contributed by atoms with Crippen LogP contribution in [-0.2, 0) is 15.4 Å². The molecule has 0 unspecified atom stereocenters. The van der Waals surface area contributed by atoms with Crippen LogP contribution in [0.15, 0.2) is 46.4 Å². The Kier molecular flexibility index (Phi) is 5.82. The topological polar surface area (TPSA) is 58.5 Å². The Morgan fingerprint density at radius 2 is 1.72 bits per heavy atom. The molecule has 0 bridgehead atoms. The van der Waals surface area contributed by atoms with Gasteiger partial charge < -0.3 is 0 Å². The van der Waals surface area contributed by atoms with Crippen molar-refractivity contribution < 1.29 is 8.42 Å². The summed E-state index contributed by atoms with van der Waals surface area (Å²) in [6.45, 7) is 7.85. The summed E-state index contributed by atoms with van der Waals surface area (Å²) in [7, 11) is -3.77. The highest BCUT2D eigenvalue weighted by Gasteiger charge is 2.21. The lowest BCUT2D eigenvalue weighted by Gasteiger charge is -2.20. The van der Waals surface area contributed by atoms with Crippen LogP contribution >= 0.6 is 23.2 Å². The molecule has 0 saturated carbocycles.